The van der Waals surface area contributed by atoms with Crippen LogP contribution >= 0.6 is 0 Å². The third kappa shape index (κ3) is 4.92. The minimum Gasteiger partial charge on any atom is -0.465 e. The van der Waals surface area contributed by atoms with E-state index in [9.17, 15) is 14.0 Å². The molecule has 3 fully saturated rings. The van der Waals surface area contributed by atoms with Gasteiger partial charge in [0.2, 0.25) is 0 Å². The second-order valence-electron chi connectivity index (χ2n) is 10.4. The minimum absolute atomic E-state index is 0.00734. The third-order valence-corrected chi connectivity index (χ3v) is 7.92. The largest absolute Gasteiger partial charge is 0.465 e. The second-order valence-corrected chi connectivity index (χ2v) is 10.4. The smallest absolute Gasteiger partial charge is 0.325 e. The van der Waals surface area contributed by atoms with Crippen LogP contribution < -0.4 is 5.32 Å². The molecule has 2 aliphatic heterocycles. The molecule has 3 aliphatic rings. The fraction of sp³-hybridized carbons (Fsp3) is 0.500. The number of benzene rings is 1. The van der Waals surface area contributed by atoms with E-state index in [2.05, 4.69) is 23.2 Å². The summed E-state index contributed by atoms with van der Waals surface area (Å²) in [4.78, 5) is 31.0. The average molecular weight is 480 g/mol. The minimum atomic E-state index is -0.970. The molecule has 2 aromatic rings. The summed E-state index contributed by atoms with van der Waals surface area (Å²) in [5, 5.41) is 3.16. The third-order valence-electron chi connectivity index (χ3n) is 7.92. The first-order valence-electron chi connectivity index (χ1n) is 12.8. The van der Waals surface area contributed by atoms with E-state index in [1.165, 1.54) is 22.6 Å². The zero-order chi connectivity index (χ0) is 24.4. The Kier molecular flexibility index (Phi) is 6.78. The summed E-state index contributed by atoms with van der Waals surface area (Å²) in [5.74, 6) is 0.484. The summed E-state index contributed by atoms with van der Waals surface area (Å²) < 4.78 is 19.0. The molecule has 0 spiro atoms. The highest BCUT2D eigenvalue weighted by Crippen LogP contribution is 2.39. The predicted octanol–water partition coefficient (Wildman–Crippen LogP) is 5.01. The van der Waals surface area contributed by atoms with Crippen LogP contribution in [-0.4, -0.2) is 53.0 Å². The summed E-state index contributed by atoms with van der Waals surface area (Å²) in [6, 6.07) is 9.87. The van der Waals surface area contributed by atoms with Crippen molar-refractivity contribution in [3.05, 3.63) is 65.4 Å². The van der Waals surface area contributed by atoms with E-state index in [4.69, 9.17) is 4.42 Å². The molecule has 1 aliphatic carbocycles. The molecule has 35 heavy (non-hydrogen) atoms. The molecule has 3 amide bonds. The molecular formula is C28H34FN3O3. The lowest BCUT2D eigenvalue weighted by atomic mass is 9.73. The number of rotatable bonds is 7. The average Bonchev–Trinajstić information content (AvgIpc) is 3.59. The van der Waals surface area contributed by atoms with E-state index in [1.54, 1.807) is 18.4 Å². The summed E-state index contributed by atoms with van der Waals surface area (Å²) >= 11 is 0. The molecule has 1 unspecified atom stereocenters. The lowest BCUT2D eigenvalue weighted by Crippen LogP contribution is -2.58. The van der Waals surface area contributed by atoms with Crippen LogP contribution in [0.4, 0.5) is 9.18 Å². The van der Waals surface area contributed by atoms with Crippen LogP contribution in [0.5, 0.6) is 0 Å². The molecule has 1 saturated carbocycles. The van der Waals surface area contributed by atoms with Gasteiger partial charge in [-0.1, -0.05) is 30.5 Å². The molecule has 0 radical (unpaired) electrons. The Balaban J connectivity index is 1.33. The summed E-state index contributed by atoms with van der Waals surface area (Å²) in [6.45, 7) is 4.65. The molecule has 186 valence electrons. The zero-order valence-electron chi connectivity index (χ0n) is 20.3. The van der Waals surface area contributed by atoms with Crippen LogP contribution in [0.15, 0.2) is 52.7 Å². The van der Waals surface area contributed by atoms with Crippen molar-refractivity contribution in [2.24, 2.45) is 5.92 Å². The maximum absolute atomic E-state index is 14.0. The van der Waals surface area contributed by atoms with Crippen LogP contribution in [0.2, 0.25) is 0 Å². The topological polar surface area (TPSA) is 65.8 Å². The standard InChI is InChI=1S/C28H34FN3O3/c1-20(17-25-7-4-16-35-25)19-31-14-12-22(13-15-31)28(18-21-8-10-23(29)11-9-21)26(33)32(27(34)30-28)24-5-2-3-6-24/h4,7-11,16-17,22,24H,2-3,5-6,12-15,18-19H2,1H3,(H,30,34)/b20-17+. The fourth-order valence-corrected chi connectivity index (χ4v) is 6.17. The van der Waals surface area contributed by atoms with Crippen molar-refractivity contribution in [2.45, 2.75) is 63.5 Å². The molecule has 1 aromatic carbocycles. The van der Waals surface area contributed by atoms with E-state index in [-0.39, 0.29) is 29.7 Å². The van der Waals surface area contributed by atoms with Gasteiger partial charge in [-0.15, -0.1) is 0 Å². The first-order valence-corrected chi connectivity index (χ1v) is 12.8. The Morgan fingerprint density at radius 3 is 2.49 bits per heavy atom. The van der Waals surface area contributed by atoms with E-state index in [0.29, 0.717) is 6.42 Å². The normalized spacial score (nSPS) is 25.0. The highest BCUT2D eigenvalue weighted by Gasteiger charge is 2.57. The fourth-order valence-electron chi connectivity index (χ4n) is 6.17. The number of hydrogen-bond donors (Lipinski definition) is 1. The van der Waals surface area contributed by atoms with Gasteiger partial charge >= 0.3 is 6.03 Å². The van der Waals surface area contributed by atoms with Crippen molar-refractivity contribution in [2.75, 3.05) is 19.6 Å². The van der Waals surface area contributed by atoms with Crippen LogP contribution in [0.3, 0.4) is 0 Å². The molecule has 0 bridgehead atoms. The van der Waals surface area contributed by atoms with Gasteiger partial charge in [0.1, 0.15) is 17.1 Å². The number of carbonyl (C=O) groups is 2. The number of carbonyl (C=O) groups excluding carboxylic acids is 2. The Bertz CT molecular complexity index is 1070. The summed E-state index contributed by atoms with van der Waals surface area (Å²) in [5.41, 5.74) is 1.12. The number of piperidine rings is 1. The molecule has 6 nitrogen and oxygen atoms in total. The Labute approximate surface area is 206 Å². The molecule has 1 aromatic heterocycles. The quantitative estimate of drug-likeness (QED) is 0.567. The van der Waals surface area contributed by atoms with Crippen molar-refractivity contribution in [3.63, 3.8) is 0 Å². The number of nitrogens with zero attached hydrogens (tertiary/aromatic N) is 2. The zero-order valence-corrected chi connectivity index (χ0v) is 20.3. The Morgan fingerprint density at radius 2 is 1.83 bits per heavy atom. The second kappa shape index (κ2) is 9.97. The lowest BCUT2D eigenvalue weighted by molar-refractivity contribution is -0.135. The van der Waals surface area contributed by atoms with Crippen LogP contribution in [0.25, 0.3) is 6.08 Å². The number of nitrogens with one attached hydrogen (secondary N) is 1. The highest BCUT2D eigenvalue weighted by atomic mass is 19.1. The maximum Gasteiger partial charge on any atom is 0.325 e. The molecule has 7 heteroatoms. The SMILES string of the molecule is C/C(=C\c1ccco1)CN1CCC(C2(Cc3ccc(F)cc3)NC(=O)N(C3CCCC3)C2=O)CC1. The van der Waals surface area contributed by atoms with Crippen LogP contribution in [0.1, 0.15) is 56.8 Å². The van der Waals surface area contributed by atoms with Gasteiger partial charge in [-0.25, -0.2) is 9.18 Å². The van der Waals surface area contributed by atoms with Gasteiger partial charge in [0, 0.05) is 19.0 Å². The van der Waals surface area contributed by atoms with E-state index >= 15 is 0 Å². The Hall–Kier alpha value is -2.93. The van der Waals surface area contributed by atoms with Crippen molar-refractivity contribution < 1.29 is 18.4 Å². The number of urea groups is 1. The molecule has 3 heterocycles. The van der Waals surface area contributed by atoms with Gasteiger partial charge in [-0.2, -0.15) is 0 Å². The first-order chi connectivity index (χ1) is 16.9. The molecular weight excluding hydrogens is 445 g/mol. The van der Waals surface area contributed by atoms with Gasteiger partial charge in [0.05, 0.1) is 6.26 Å². The number of furan rings is 1. The first kappa shape index (κ1) is 23.8. The van der Waals surface area contributed by atoms with E-state index in [1.807, 2.05) is 12.1 Å². The summed E-state index contributed by atoms with van der Waals surface area (Å²) in [7, 11) is 0. The van der Waals surface area contributed by atoms with Gasteiger partial charge in [0.25, 0.3) is 5.91 Å². The number of likely N-dealkylation sites (tertiary alicyclic amines) is 1. The summed E-state index contributed by atoms with van der Waals surface area (Å²) in [6.07, 6.45) is 9.63. The highest BCUT2D eigenvalue weighted by molar-refractivity contribution is 6.07. The molecule has 5 rings (SSSR count). The predicted molar refractivity (Wildman–Crippen MR) is 132 cm³/mol. The number of hydrogen-bond acceptors (Lipinski definition) is 4. The van der Waals surface area contributed by atoms with Crippen molar-refractivity contribution >= 4 is 18.0 Å². The monoisotopic (exact) mass is 479 g/mol. The van der Waals surface area contributed by atoms with Gasteiger partial charge in [0.15, 0.2) is 0 Å². The molecule has 1 atom stereocenters. The van der Waals surface area contributed by atoms with Gasteiger partial charge in [-0.3, -0.25) is 14.6 Å². The number of halogens is 1. The molecule has 2 saturated heterocycles. The Morgan fingerprint density at radius 1 is 1.11 bits per heavy atom. The van der Waals surface area contributed by atoms with Crippen molar-refractivity contribution in [3.8, 4) is 0 Å². The van der Waals surface area contributed by atoms with Crippen LogP contribution in [-0.2, 0) is 11.2 Å². The van der Waals surface area contributed by atoms with Gasteiger partial charge < -0.3 is 9.73 Å². The van der Waals surface area contributed by atoms with Gasteiger partial charge in [-0.05, 0) is 87.5 Å². The maximum atomic E-state index is 14.0. The number of amides is 3. The van der Waals surface area contributed by atoms with E-state index < -0.39 is 5.54 Å². The van der Waals surface area contributed by atoms with Crippen molar-refractivity contribution in [1.29, 1.82) is 0 Å². The van der Waals surface area contributed by atoms with E-state index in [0.717, 1.165) is 69.5 Å². The molecule has 1 N–H and O–H groups in total. The lowest BCUT2D eigenvalue weighted by Gasteiger charge is -2.41. The number of imide groups is 1. The van der Waals surface area contributed by atoms with Crippen molar-refractivity contribution in [1.82, 2.24) is 15.1 Å². The van der Waals surface area contributed by atoms with Crippen LogP contribution in [0, 0.1) is 11.7 Å².